The Bertz CT molecular complexity index is 975. The van der Waals surface area contributed by atoms with Crippen molar-refractivity contribution in [3.8, 4) is 0 Å². The second-order valence-electron chi connectivity index (χ2n) is 7.13. The van der Waals surface area contributed by atoms with E-state index in [4.69, 9.17) is 11.5 Å². The fraction of sp³-hybridized carbons (Fsp3) is 0.300. The van der Waals surface area contributed by atoms with Crippen molar-refractivity contribution < 1.29 is 26.7 Å². The van der Waals surface area contributed by atoms with Gasteiger partial charge in [-0.05, 0) is 36.2 Å². The normalized spacial score (nSPS) is 13.3. The Hall–Kier alpha value is -3.21. The van der Waals surface area contributed by atoms with Gasteiger partial charge < -0.3 is 22.1 Å². The summed E-state index contributed by atoms with van der Waals surface area (Å²) < 4.78 is 65.0. The van der Waals surface area contributed by atoms with Crippen molar-refractivity contribution in [3.63, 3.8) is 0 Å². The third-order valence-corrected chi connectivity index (χ3v) is 4.10. The molecule has 0 aliphatic rings. The molecule has 31 heavy (non-hydrogen) atoms. The Morgan fingerprint density at radius 1 is 1.10 bits per heavy atom. The van der Waals surface area contributed by atoms with Crippen molar-refractivity contribution in [2.45, 2.75) is 26.2 Å². The molecule has 1 amide bonds. The van der Waals surface area contributed by atoms with Gasteiger partial charge in [0.05, 0.1) is 5.56 Å². The fourth-order valence-electron chi connectivity index (χ4n) is 2.48. The van der Waals surface area contributed by atoms with E-state index in [1.54, 1.807) is 0 Å². The molecule has 0 aliphatic carbocycles. The van der Waals surface area contributed by atoms with Gasteiger partial charge in [-0.3, -0.25) is 4.79 Å². The van der Waals surface area contributed by atoms with Crippen LogP contribution >= 0.6 is 0 Å². The average molecular weight is 443 g/mol. The Kier molecular flexibility index (Phi) is 7.55. The molecule has 1 unspecified atom stereocenters. The molecule has 168 valence electrons. The lowest BCUT2D eigenvalue weighted by Gasteiger charge is -2.21. The molecule has 11 heteroatoms. The lowest BCUT2D eigenvalue weighted by Crippen LogP contribution is -2.44. The largest absolute Gasteiger partial charge is 0.416 e. The van der Waals surface area contributed by atoms with E-state index in [0.717, 1.165) is 30.3 Å². The smallest absolute Gasteiger partial charge is 0.398 e. The number of nitrogens with zero attached hydrogens (tertiary/aromatic N) is 1. The van der Waals surface area contributed by atoms with Crippen LogP contribution in [0.25, 0.3) is 0 Å². The molecule has 0 saturated heterocycles. The number of amides is 1. The highest BCUT2D eigenvalue weighted by Gasteiger charge is 2.31. The van der Waals surface area contributed by atoms with Gasteiger partial charge >= 0.3 is 6.18 Å². The quantitative estimate of drug-likeness (QED) is 0.186. The summed E-state index contributed by atoms with van der Waals surface area (Å²) in [5.74, 6) is -3.17. The van der Waals surface area contributed by atoms with E-state index in [-0.39, 0.29) is 28.7 Å². The van der Waals surface area contributed by atoms with E-state index in [9.17, 15) is 26.7 Å². The number of hydrogen-bond donors (Lipinski definition) is 4. The second-order valence-corrected chi connectivity index (χ2v) is 7.13. The summed E-state index contributed by atoms with van der Waals surface area (Å²) in [6.45, 7) is 4.14. The maximum Gasteiger partial charge on any atom is 0.416 e. The zero-order valence-corrected chi connectivity index (χ0v) is 16.7. The number of nitrogen functional groups attached to an aromatic ring is 1. The van der Waals surface area contributed by atoms with E-state index >= 15 is 0 Å². The minimum Gasteiger partial charge on any atom is -0.398 e. The Labute approximate surface area is 175 Å². The number of benzene rings is 2. The third kappa shape index (κ3) is 6.64. The van der Waals surface area contributed by atoms with Crippen LogP contribution in [0.3, 0.4) is 0 Å². The predicted octanol–water partition coefficient (Wildman–Crippen LogP) is 3.55. The van der Waals surface area contributed by atoms with E-state index in [1.165, 1.54) is 0 Å². The predicted molar refractivity (Wildman–Crippen MR) is 107 cm³/mol. The zero-order chi connectivity index (χ0) is 23.3. The Balaban J connectivity index is 2.28. The van der Waals surface area contributed by atoms with Crippen LogP contribution in [0.2, 0.25) is 0 Å². The van der Waals surface area contributed by atoms with Gasteiger partial charge in [0.25, 0.3) is 5.91 Å². The summed E-state index contributed by atoms with van der Waals surface area (Å²) in [6, 6.07) is 5.27. The van der Waals surface area contributed by atoms with Gasteiger partial charge in [-0.25, -0.2) is 8.78 Å². The van der Waals surface area contributed by atoms with Gasteiger partial charge in [0.15, 0.2) is 11.6 Å². The molecule has 6 nitrogen and oxygen atoms in total. The maximum absolute atomic E-state index is 13.4. The van der Waals surface area contributed by atoms with E-state index in [1.807, 2.05) is 13.8 Å². The topological polar surface area (TPSA) is 106 Å². The lowest BCUT2D eigenvalue weighted by atomic mass is 10.1. The Morgan fingerprint density at radius 2 is 1.77 bits per heavy atom. The summed E-state index contributed by atoms with van der Waals surface area (Å²) >= 11 is 0. The zero-order valence-electron chi connectivity index (χ0n) is 16.7. The number of alkyl halides is 3. The minimum absolute atomic E-state index is 0.102. The first-order chi connectivity index (χ1) is 14.4. The molecular weight excluding hydrogens is 421 g/mol. The molecule has 0 bridgehead atoms. The first kappa shape index (κ1) is 24.1. The number of carbonyl (C=O) groups is 1. The van der Waals surface area contributed by atoms with Crippen molar-refractivity contribution in [2.75, 3.05) is 12.3 Å². The number of carbonyl (C=O) groups excluding carboxylic acids is 1. The summed E-state index contributed by atoms with van der Waals surface area (Å²) in [5, 5.41) is 5.53. The van der Waals surface area contributed by atoms with Crippen LogP contribution in [0.15, 0.2) is 41.4 Å². The van der Waals surface area contributed by atoms with E-state index in [0.29, 0.717) is 12.6 Å². The molecule has 0 spiro atoms. The van der Waals surface area contributed by atoms with Gasteiger partial charge in [0.1, 0.15) is 6.17 Å². The summed E-state index contributed by atoms with van der Waals surface area (Å²) in [7, 11) is 0. The van der Waals surface area contributed by atoms with Gasteiger partial charge in [-0.15, -0.1) is 0 Å². The minimum atomic E-state index is -4.56. The summed E-state index contributed by atoms with van der Waals surface area (Å²) in [5.41, 5.74) is 10.5. The Morgan fingerprint density at radius 3 is 2.32 bits per heavy atom. The molecule has 2 rings (SSSR count). The SMILES string of the molecule is CC(C)CN/C(=N/C(=O)c1ccc(F)c(F)c1)NC(N)c1ccc(C(F)(F)F)cc1N. The van der Waals surface area contributed by atoms with Crippen LogP contribution in [0.4, 0.5) is 27.6 Å². The number of nitrogens with one attached hydrogen (secondary N) is 2. The molecule has 2 aromatic carbocycles. The van der Waals surface area contributed by atoms with Crippen LogP contribution in [-0.4, -0.2) is 18.4 Å². The fourth-order valence-corrected chi connectivity index (χ4v) is 2.48. The van der Waals surface area contributed by atoms with Crippen LogP contribution < -0.4 is 22.1 Å². The standard InChI is InChI=1S/C20H22F5N5O/c1-10(2)9-28-19(30-18(31)11-3-6-14(21)15(22)7-11)29-17(27)13-5-4-12(8-16(13)26)20(23,24)25/h3-8,10,17H,9,26-27H2,1-2H3,(H2,28,29,30,31). The molecule has 0 fully saturated rings. The average Bonchev–Trinajstić information content (AvgIpc) is 2.67. The number of nitrogens with two attached hydrogens (primary N) is 2. The first-order valence-corrected chi connectivity index (χ1v) is 9.19. The summed E-state index contributed by atoms with van der Waals surface area (Å²) in [6.07, 6.45) is -5.68. The molecule has 2 aromatic rings. The highest BCUT2D eigenvalue weighted by molar-refractivity contribution is 6.02. The van der Waals surface area contributed by atoms with E-state index in [2.05, 4.69) is 15.6 Å². The molecule has 0 aliphatic heterocycles. The van der Waals surface area contributed by atoms with Gasteiger partial charge in [-0.1, -0.05) is 19.9 Å². The third-order valence-electron chi connectivity index (χ3n) is 4.10. The van der Waals surface area contributed by atoms with E-state index < -0.39 is 35.4 Å². The number of aliphatic imine (C=N–C) groups is 1. The van der Waals surface area contributed by atoms with Gasteiger partial charge in [0, 0.05) is 23.4 Å². The molecule has 1 atom stereocenters. The van der Waals surface area contributed by atoms with Crippen LogP contribution in [-0.2, 0) is 6.18 Å². The molecule has 0 radical (unpaired) electrons. The van der Waals surface area contributed by atoms with Crippen molar-refractivity contribution in [1.82, 2.24) is 10.6 Å². The monoisotopic (exact) mass is 443 g/mol. The maximum atomic E-state index is 13.4. The van der Waals surface area contributed by atoms with Gasteiger partial charge in [-0.2, -0.15) is 18.2 Å². The van der Waals surface area contributed by atoms with Crippen molar-refractivity contribution in [2.24, 2.45) is 16.6 Å². The van der Waals surface area contributed by atoms with Crippen LogP contribution in [0.1, 0.15) is 41.5 Å². The molecule has 0 heterocycles. The van der Waals surface area contributed by atoms with Crippen molar-refractivity contribution in [1.29, 1.82) is 0 Å². The molecular formula is C20H22F5N5O. The highest BCUT2D eigenvalue weighted by Crippen LogP contribution is 2.32. The second kappa shape index (κ2) is 9.73. The van der Waals surface area contributed by atoms with Crippen LogP contribution in [0.5, 0.6) is 0 Å². The first-order valence-electron chi connectivity index (χ1n) is 9.19. The lowest BCUT2D eigenvalue weighted by molar-refractivity contribution is -0.137. The molecule has 0 aromatic heterocycles. The number of hydrogen-bond acceptors (Lipinski definition) is 3. The summed E-state index contributed by atoms with van der Waals surface area (Å²) in [4.78, 5) is 16.2. The number of halogens is 5. The molecule has 0 saturated carbocycles. The number of guanidine groups is 1. The number of rotatable bonds is 5. The van der Waals surface area contributed by atoms with Crippen molar-refractivity contribution >= 4 is 17.6 Å². The highest BCUT2D eigenvalue weighted by atomic mass is 19.4. The van der Waals surface area contributed by atoms with Gasteiger partial charge in [0.2, 0.25) is 5.96 Å². The molecule has 6 N–H and O–H groups in total. The van der Waals surface area contributed by atoms with Crippen molar-refractivity contribution in [3.05, 3.63) is 64.7 Å². The number of anilines is 1. The van der Waals surface area contributed by atoms with Crippen LogP contribution in [0, 0.1) is 17.6 Å².